The summed E-state index contributed by atoms with van der Waals surface area (Å²) >= 11 is 6.47. The van der Waals surface area contributed by atoms with Crippen LogP contribution in [0.5, 0.6) is 5.75 Å². The molecular formula is C39H43ClN4O4. The lowest BCUT2D eigenvalue weighted by Crippen LogP contribution is -2.49. The summed E-state index contributed by atoms with van der Waals surface area (Å²) < 4.78 is 6.12. The maximum Gasteiger partial charge on any atom is 0.236 e. The second-order valence-corrected chi connectivity index (χ2v) is 14.8. The summed E-state index contributed by atoms with van der Waals surface area (Å²) in [6.45, 7) is 10.5. The Labute approximate surface area is 287 Å². The minimum Gasteiger partial charge on any atom is -0.492 e. The minimum absolute atomic E-state index is 0.0807. The zero-order valence-corrected chi connectivity index (χ0v) is 29.0. The van der Waals surface area contributed by atoms with Gasteiger partial charge in [-0.1, -0.05) is 41.9 Å². The van der Waals surface area contributed by atoms with Crippen LogP contribution in [0.3, 0.4) is 0 Å². The average molecular weight is 667 g/mol. The molecule has 3 aromatic rings. The van der Waals surface area contributed by atoms with E-state index < -0.39 is 0 Å². The van der Waals surface area contributed by atoms with Crippen LogP contribution in [0.25, 0.3) is 0 Å². The number of ether oxygens (including phenoxy) is 1. The van der Waals surface area contributed by atoms with Gasteiger partial charge in [-0.05, 0) is 94.8 Å². The van der Waals surface area contributed by atoms with Crippen LogP contribution in [-0.2, 0) is 15.6 Å². The second kappa shape index (κ2) is 12.5. The summed E-state index contributed by atoms with van der Waals surface area (Å²) in [6, 6.07) is 16.2. The molecule has 0 bridgehead atoms. The summed E-state index contributed by atoms with van der Waals surface area (Å²) in [5.41, 5.74) is 7.04. The minimum atomic E-state index is -0.337. The topological polar surface area (TPSA) is 82.5 Å². The van der Waals surface area contributed by atoms with E-state index in [1.54, 1.807) is 13.1 Å². The SMILES string of the molecule is CN=C1N(c2cccc(Cl)c2C=O)c2cc(C3CCN(CC(=O)N4CCC5(CC4)COc4c5ccc(C=O)c4C)CC3)ccc2C1(C)C. The quantitative estimate of drug-likeness (QED) is 0.267. The van der Waals surface area contributed by atoms with E-state index >= 15 is 0 Å². The Kier molecular flexibility index (Phi) is 8.45. The Hall–Kier alpha value is -4.01. The number of hydrogen-bond donors (Lipinski definition) is 0. The highest BCUT2D eigenvalue weighted by Crippen LogP contribution is 2.49. The van der Waals surface area contributed by atoms with Crippen LogP contribution in [0.4, 0.5) is 11.4 Å². The van der Waals surface area contributed by atoms with E-state index in [-0.39, 0.29) is 16.7 Å². The van der Waals surface area contributed by atoms with Crippen molar-refractivity contribution < 1.29 is 19.1 Å². The van der Waals surface area contributed by atoms with E-state index in [9.17, 15) is 14.4 Å². The number of benzene rings is 3. The van der Waals surface area contributed by atoms with E-state index in [4.69, 9.17) is 21.3 Å². The fourth-order valence-corrected chi connectivity index (χ4v) is 8.74. The molecule has 0 unspecified atom stereocenters. The Morgan fingerprint density at radius 3 is 2.40 bits per heavy atom. The molecule has 48 heavy (non-hydrogen) atoms. The monoisotopic (exact) mass is 666 g/mol. The highest BCUT2D eigenvalue weighted by molar-refractivity contribution is 6.34. The first-order valence-electron chi connectivity index (χ1n) is 17.0. The number of amidine groups is 1. The van der Waals surface area contributed by atoms with Gasteiger partial charge in [-0.25, -0.2) is 0 Å². The summed E-state index contributed by atoms with van der Waals surface area (Å²) in [6.07, 6.45) is 5.40. The van der Waals surface area contributed by atoms with Crippen molar-refractivity contribution in [3.8, 4) is 5.75 Å². The van der Waals surface area contributed by atoms with Crippen molar-refractivity contribution in [3.05, 3.63) is 86.9 Å². The smallest absolute Gasteiger partial charge is 0.236 e. The third-order valence-corrected chi connectivity index (χ3v) is 11.8. The number of fused-ring (bicyclic) bond motifs is 3. The number of anilines is 2. The predicted octanol–water partition coefficient (Wildman–Crippen LogP) is 6.86. The molecule has 3 aromatic carbocycles. The van der Waals surface area contributed by atoms with Crippen molar-refractivity contribution in [1.29, 1.82) is 0 Å². The van der Waals surface area contributed by atoms with Gasteiger partial charge in [0.15, 0.2) is 6.29 Å². The highest BCUT2D eigenvalue weighted by Gasteiger charge is 2.45. The summed E-state index contributed by atoms with van der Waals surface area (Å²) in [5.74, 6) is 2.31. The number of halogens is 1. The van der Waals surface area contributed by atoms with Gasteiger partial charge in [0, 0.05) is 47.7 Å². The summed E-state index contributed by atoms with van der Waals surface area (Å²) in [4.78, 5) is 48.1. The second-order valence-electron chi connectivity index (χ2n) is 14.3. The van der Waals surface area contributed by atoms with Gasteiger partial charge < -0.3 is 9.64 Å². The molecule has 250 valence electrons. The van der Waals surface area contributed by atoms with Gasteiger partial charge in [-0.2, -0.15) is 0 Å². The van der Waals surface area contributed by atoms with Gasteiger partial charge in [0.2, 0.25) is 5.91 Å². The lowest BCUT2D eigenvalue weighted by molar-refractivity contribution is -0.134. The maximum absolute atomic E-state index is 13.5. The van der Waals surface area contributed by atoms with E-state index in [0.29, 0.717) is 35.2 Å². The third-order valence-electron chi connectivity index (χ3n) is 11.4. The van der Waals surface area contributed by atoms with Gasteiger partial charge in [0.25, 0.3) is 0 Å². The van der Waals surface area contributed by atoms with Crippen molar-refractivity contribution >= 4 is 47.3 Å². The van der Waals surface area contributed by atoms with Crippen LogP contribution in [-0.4, -0.2) is 80.5 Å². The number of carbonyl (C=O) groups excluding carboxylic acids is 3. The maximum atomic E-state index is 13.5. The molecule has 0 N–H and O–H groups in total. The average Bonchev–Trinajstić information content (AvgIpc) is 3.56. The molecule has 0 aromatic heterocycles. The van der Waals surface area contributed by atoms with Gasteiger partial charge >= 0.3 is 0 Å². The number of nitrogens with zero attached hydrogens (tertiary/aromatic N) is 4. The molecule has 0 radical (unpaired) electrons. The molecule has 0 saturated carbocycles. The number of hydrogen-bond acceptors (Lipinski definition) is 6. The van der Waals surface area contributed by atoms with Gasteiger partial charge in [0.05, 0.1) is 35.1 Å². The van der Waals surface area contributed by atoms with Crippen LogP contribution in [0.2, 0.25) is 5.02 Å². The van der Waals surface area contributed by atoms with Crippen LogP contribution >= 0.6 is 11.6 Å². The molecule has 1 amide bonds. The number of rotatable bonds is 6. The van der Waals surface area contributed by atoms with Crippen molar-refractivity contribution in [2.24, 2.45) is 4.99 Å². The molecule has 2 fully saturated rings. The first kappa shape index (κ1) is 32.5. The molecule has 4 aliphatic heterocycles. The number of aliphatic imine (C=N–C) groups is 1. The molecule has 0 atom stereocenters. The number of aldehydes is 2. The standard InChI is InChI=1S/C39H43ClN4O4/c1-25-28(22-45)9-11-31-36(25)48-24-39(31)14-18-43(19-15-39)35(47)21-42-16-12-26(13-17-42)27-8-10-30-34(20-27)44(37(41-4)38(30,2)3)33-7-5-6-32(40)29(33)23-46/h5-11,20,22-23,26H,12-19,21,24H2,1-4H3. The van der Waals surface area contributed by atoms with E-state index in [0.717, 1.165) is 93.0 Å². The summed E-state index contributed by atoms with van der Waals surface area (Å²) in [5, 5.41) is 0.425. The number of amides is 1. The Balaban J connectivity index is 1.00. The molecule has 9 heteroatoms. The van der Waals surface area contributed by atoms with Crippen LogP contribution < -0.4 is 9.64 Å². The summed E-state index contributed by atoms with van der Waals surface area (Å²) in [7, 11) is 1.80. The molecular weight excluding hydrogens is 624 g/mol. The largest absolute Gasteiger partial charge is 0.492 e. The molecule has 0 aliphatic carbocycles. The fraction of sp³-hybridized carbons (Fsp3) is 0.436. The van der Waals surface area contributed by atoms with Crippen molar-refractivity contribution in [2.75, 3.05) is 51.3 Å². The van der Waals surface area contributed by atoms with E-state index in [1.165, 1.54) is 16.7 Å². The van der Waals surface area contributed by atoms with E-state index in [2.05, 4.69) is 47.9 Å². The third kappa shape index (κ3) is 5.24. The lowest BCUT2D eigenvalue weighted by Gasteiger charge is -2.40. The van der Waals surface area contributed by atoms with Crippen LogP contribution in [0, 0.1) is 6.92 Å². The normalized spacial score (nSPS) is 20.9. The Bertz CT molecular complexity index is 1820. The Morgan fingerprint density at radius 1 is 0.979 bits per heavy atom. The highest BCUT2D eigenvalue weighted by atomic mass is 35.5. The van der Waals surface area contributed by atoms with Crippen LogP contribution in [0.1, 0.15) is 88.4 Å². The predicted molar refractivity (Wildman–Crippen MR) is 190 cm³/mol. The van der Waals surface area contributed by atoms with Gasteiger partial charge in [-0.3, -0.25) is 29.2 Å². The van der Waals surface area contributed by atoms with E-state index in [1.807, 2.05) is 30.0 Å². The molecule has 4 heterocycles. The first-order chi connectivity index (χ1) is 23.1. The van der Waals surface area contributed by atoms with Crippen molar-refractivity contribution in [2.45, 2.75) is 63.2 Å². The van der Waals surface area contributed by atoms with Gasteiger partial charge in [0.1, 0.15) is 17.9 Å². The van der Waals surface area contributed by atoms with Crippen LogP contribution in [0.15, 0.2) is 53.5 Å². The van der Waals surface area contributed by atoms with Crippen molar-refractivity contribution in [1.82, 2.24) is 9.80 Å². The van der Waals surface area contributed by atoms with Gasteiger partial charge in [-0.15, -0.1) is 0 Å². The van der Waals surface area contributed by atoms with Crippen molar-refractivity contribution in [3.63, 3.8) is 0 Å². The fourth-order valence-electron chi connectivity index (χ4n) is 8.53. The number of likely N-dealkylation sites (tertiary alicyclic amines) is 2. The Morgan fingerprint density at radius 2 is 1.71 bits per heavy atom. The first-order valence-corrected chi connectivity index (χ1v) is 17.4. The molecule has 7 rings (SSSR count). The molecule has 4 aliphatic rings. The number of carbonyl (C=O) groups is 3. The zero-order chi connectivity index (χ0) is 33.8. The molecule has 2 saturated heterocycles. The number of piperidine rings is 2. The zero-order valence-electron chi connectivity index (χ0n) is 28.2. The lowest BCUT2D eigenvalue weighted by atomic mass is 9.74. The molecule has 8 nitrogen and oxygen atoms in total. The molecule has 1 spiro atoms.